The minimum atomic E-state index is -4.25. The number of amides is 1. The largest absolute Gasteiger partial charge is 0.497 e. The van der Waals surface area contributed by atoms with Crippen LogP contribution in [0.2, 0.25) is 10.0 Å². The van der Waals surface area contributed by atoms with Crippen molar-refractivity contribution in [3.8, 4) is 22.6 Å². The average Bonchev–Trinajstić information content (AvgIpc) is 3.61. The SMILES string of the molecule is COc1cc(OC)c2c(c1)C(CC(=O)NCCc1ccc(C3=NCCN3)cc1)N(S(=O)(=O)c1ccc(Cl)c(Cl)c1)c1ccccc1-2.Cl. The maximum Gasteiger partial charge on any atom is 0.264 e. The number of nitrogens with one attached hydrogen (secondary N) is 2. The van der Waals surface area contributed by atoms with Crippen molar-refractivity contribution >= 4 is 63.1 Å². The molecule has 246 valence electrons. The van der Waals surface area contributed by atoms with Gasteiger partial charge in [0.2, 0.25) is 5.91 Å². The number of methoxy groups -OCH3 is 2. The highest BCUT2D eigenvalue weighted by Crippen LogP contribution is 2.52. The van der Waals surface area contributed by atoms with Crippen LogP contribution in [0.3, 0.4) is 0 Å². The van der Waals surface area contributed by atoms with Crippen LogP contribution in [0.15, 0.2) is 88.8 Å². The molecule has 0 saturated heterocycles. The summed E-state index contributed by atoms with van der Waals surface area (Å²) in [6, 6.07) is 21.9. The first-order valence-electron chi connectivity index (χ1n) is 14.7. The van der Waals surface area contributed by atoms with Crippen LogP contribution in [-0.2, 0) is 21.2 Å². The molecule has 4 aromatic rings. The summed E-state index contributed by atoms with van der Waals surface area (Å²) >= 11 is 12.4. The number of ether oxygens (including phenoxy) is 2. The van der Waals surface area contributed by atoms with Crippen LogP contribution in [0.4, 0.5) is 5.69 Å². The van der Waals surface area contributed by atoms with Crippen LogP contribution in [0.25, 0.3) is 11.1 Å². The van der Waals surface area contributed by atoms with E-state index in [1.54, 1.807) is 31.4 Å². The highest BCUT2D eigenvalue weighted by Gasteiger charge is 2.41. The summed E-state index contributed by atoms with van der Waals surface area (Å²) in [4.78, 5) is 18.0. The molecular formula is C34H33Cl3N4O5S. The smallest absolute Gasteiger partial charge is 0.264 e. The summed E-state index contributed by atoms with van der Waals surface area (Å²) in [6.07, 6.45) is 0.436. The molecule has 0 aromatic heterocycles. The van der Waals surface area contributed by atoms with E-state index in [1.165, 1.54) is 29.6 Å². The van der Waals surface area contributed by atoms with Gasteiger partial charge in [0.05, 0.1) is 53.9 Å². The Hall–Kier alpha value is -3.96. The van der Waals surface area contributed by atoms with Crippen LogP contribution in [0, 0.1) is 0 Å². The van der Waals surface area contributed by atoms with E-state index in [9.17, 15) is 13.2 Å². The van der Waals surface area contributed by atoms with Crippen LogP contribution in [0.5, 0.6) is 11.5 Å². The molecule has 9 nitrogen and oxygen atoms in total. The fraction of sp³-hybridized carbons (Fsp3) is 0.235. The molecule has 0 fully saturated rings. The van der Waals surface area contributed by atoms with Gasteiger partial charge in [0.1, 0.15) is 17.3 Å². The van der Waals surface area contributed by atoms with Gasteiger partial charge in [-0.15, -0.1) is 12.4 Å². The molecule has 1 unspecified atom stereocenters. The van der Waals surface area contributed by atoms with E-state index >= 15 is 0 Å². The molecule has 2 heterocycles. The van der Waals surface area contributed by atoms with Gasteiger partial charge < -0.3 is 20.1 Å². The summed E-state index contributed by atoms with van der Waals surface area (Å²) < 4.78 is 41.5. The topological polar surface area (TPSA) is 109 Å². The first-order chi connectivity index (χ1) is 22.2. The zero-order valence-electron chi connectivity index (χ0n) is 25.6. The molecule has 6 rings (SSSR count). The van der Waals surface area contributed by atoms with Crippen molar-refractivity contribution in [1.82, 2.24) is 10.6 Å². The molecule has 47 heavy (non-hydrogen) atoms. The van der Waals surface area contributed by atoms with E-state index in [-0.39, 0.29) is 39.7 Å². The minimum Gasteiger partial charge on any atom is -0.497 e. The first kappa shape index (κ1) is 34.4. The molecule has 0 bridgehead atoms. The number of carbonyl (C=O) groups is 1. The van der Waals surface area contributed by atoms with Crippen molar-refractivity contribution < 1.29 is 22.7 Å². The van der Waals surface area contributed by atoms with Crippen molar-refractivity contribution in [2.24, 2.45) is 4.99 Å². The Balaban J connectivity index is 0.00000433. The molecule has 2 aliphatic rings. The molecule has 2 N–H and O–H groups in total. The number of halogens is 3. The van der Waals surface area contributed by atoms with Gasteiger partial charge >= 0.3 is 0 Å². The van der Waals surface area contributed by atoms with Crippen molar-refractivity contribution in [2.75, 3.05) is 38.2 Å². The monoisotopic (exact) mass is 714 g/mol. The number of hydrogen-bond acceptors (Lipinski definition) is 7. The Bertz CT molecular complexity index is 1940. The lowest BCUT2D eigenvalue weighted by atomic mass is 9.87. The molecule has 1 amide bonds. The van der Waals surface area contributed by atoms with Crippen molar-refractivity contribution in [3.63, 3.8) is 0 Å². The number of rotatable bonds is 10. The molecule has 0 aliphatic carbocycles. The van der Waals surface area contributed by atoms with Gasteiger partial charge in [0.15, 0.2) is 0 Å². The van der Waals surface area contributed by atoms with Crippen LogP contribution in [0.1, 0.15) is 29.2 Å². The molecular weight excluding hydrogens is 683 g/mol. The maximum atomic E-state index is 14.5. The molecule has 2 aliphatic heterocycles. The summed E-state index contributed by atoms with van der Waals surface area (Å²) in [5, 5.41) is 6.59. The summed E-state index contributed by atoms with van der Waals surface area (Å²) in [7, 11) is -1.19. The third-order valence-electron chi connectivity index (χ3n) is 8.08. The molecule has 4 aromatic carbocycles. The van der Waals surface area contributed by atoms with Gasteiger partial charge in [0.25, 0.3) is 10.0 Å². The number of para-hydroxylation sites is 1. The zero-order valence-corrected chi connectivity index (χ0v) is 28.8. The third-order valence-corrected chi connectivity index (χ3v) is 10.6. The number of carbonyl (C=O) groups excluding carboxylic acids is 1. The molecule has 0 spiro atoms. The van der Waals surface area contributed by atoms with E-state index in [4.69, 9.17) is 32.7 Å². The Morgan fingerprint density at radius 3 is 2.45 bits per heavy atom. The predicted octanol–water partition coefficient (Wildman–Crippen LogP) is 6.45. The van der Waals surface area contributed by atoms with Crippen LogP contribution in [-0.4, -0.2) is 54.0 Å². The number of amidine groups is 1. The zero-order chi connectivity index (χ0) is 32.4. The van der Waals surface area contributed by atoms with Gasteiger partial charge in [-0.25, -0.2) is 8.42 Å². The van der Waals surface area contributed by atoms with E-state index in [0.29, 0.717) is 46.8 Å². The maximum absolute atomic E-state index is 14.5. The van der Waals surface area contributed by atoms with Crippen molar-refractivity contribution in [1.29, 1.82) is 0 Å². The van der Waals surface area contributed by atoms with Crippen LogP contribution < -0.4 is 24.4 Å². The summed E-state index contributed by atoms with van der Waals surface area (Å²) in [5.74, 6) is 1.55. The number of aliphatic imine (C=N–C) groups is 1. The van der Waals surface area contributed by atoms with E-state index in [0.717, 1.165) is 30.1 Å². The summed E-state index contributed by atoms with van der Waals surface area (Å²) in [6.45, 7) is 1.98. The van der Waals surface area contributed by atoms with Gasteiger partial charge in [-0.05, 0) is 47.9 Å². The van der Waals surface area contributed by atoms with Gasteiger partial charge in [0, 0.05) is 35.8 Å². The Kier molecular flexibility index (Phi) is 10.6. The Morgan fingerprint density at radius 1 is 1.00 bits per heavy atom. The lowest BCUT2D eigenvalue weighted by molar-refractivity contribution is -0.121. The van der Waals surface area contributed by atoms with E-state index < -0.39 is 16.1 Å². The fourth-order valence-electron chi connectivity index (χ4n) is 5.87. The molecule has 0 saturated carbocycles. The highest BCUT2D eigenvalue weighted by molar-refractivity contribution is 7.92. The second-order valence-corrected chi connectivity index (χ2v) is 13.5. The van der Waals surface area contributed by atoms with Gasteiger partial charge in [-0.1, -0.05) is 65.7 Å². The predicted molar refractivity (Wildman–Crippen MR) is 188 cm³/mol. The molecule has 0 radical (unpaired) electrons. The normalized spacial score (nSPS) is 15.0. The number of anilines is 1. The Labute approximate surface area is 290 Å². The lowest BCUT2D eigenvalue weighted by Gasteiger charge is -2.39. The summed E-state index contributed by atoms with van der Waals surface area (Å²) in [5.41, 5.74) is 4.39. The minimum absolute atomic E-state index is 0. The first-order valence-corrected chi connectivity index (χ1v) is 16.9. The fourth-order valence-corrected chi connectivity index (χ4v) is 7.91. The number of hydrogen-bond donors (Lipinski definition) is 2. The van der Waals surface area contributed by atoms with Crippen molar-refractivity contribution in [3.05, 3.63) is 106 Å². The second-order valence-electron chi connectivity index (χ2n) is 10.9. The standard InChI is InChI=1S/C34H32Cl2N4O5S.ClH/c1-44-23-17-26-30(20-32(41)37-14-13-21-7-9-22(10-8-21)34-38-15-16-39-34)40(46(42,43)24-11-12-27(35)28(36)19-24)29-6-4-3-5-25(29)33(26)31(18-23)45-2;/h3-12,17-19,30H,13-16,20H2,1-2H3,(H,37,41)(H,38,39);1H. The molecule has 1 atom stereocenters. The van der Waals surface area contributed by atoms with Gasteiger partial charge in [-0.2, -0.15) is 0 Å². The van der Waals surface area contributed by atoms with E-state index in [1.807, 2.05) is 36.4 Å². The second kappa shape index (κ2) is 14.4. The average molecular weight is 716 g/mol. The van der Waals surface area contributed by atoms with Crippen LogP contribution >= 0.6 is 35.6 Å². The molecule has 13 heteroatoms. The Morgan fingerprint density at radius 2 is 1.77 bits per heavy atom. The van der Waals surface area contributed by atoms with Crippen molar-refractivity contribution in [2.45, 2.75) is 23.8 Å². The number of benzene rings is 4. The highest BCUT2D eigenvalue weighted by atomic mass is 35.5. The lowest BCUT2D eigenvalue weighted by Crippen LogP contribution is -2.40. The quantitative estimate of drug-likeness (QED) is 0.196. The third kappa shape index (κ3) is 6.87. The number of sulfonamides is 1. The number of nitrogens with zero attached hydrogens (tertiary/aromatic N) is 2. The van der Waals surface area contributed by atoms with E-state index in [2.05, 4.69) is 15.6 Å². The number of fused-ring (bicyclic) bond motifs is 3. The van der Waals surface area contributed by atoms with Gasteiger partial charge in [-0.3, -0.25) is 14.1 Å².